The van der Waals surface area contributed by atoms with Gasteiger partial charge in [-0.25, -0.2) is 0 Å². The van der Waals surface area contributed by atoms with Gasteiger partial charge in [-0.1, -0.05) is 115 Å². The Hall–Kier alpha value is -7.38. The van der Waals surface area contributed by atoms with E-state index in [1.807, 2.05) is 60.7 Å². The summed E-state index contributed by atoms with van der Waals surface area (Å²) in [6.45, 7) is 7.03. The van der Waals surface area contributed by atoms with E-state index in [4.69, 9.17) is 18.9 Å². The molecule has 1 aliphatic carbocycles. The molecule has 8 rings (SSSR count). The van der Waals surface area contributed by atoms with Crippen molar-refractivity contribution in [2.45, 2.75) is 65.2 Å². The zero-order valence-corrected chi connectivity index (χ0v) is 38.2. The topological polar surface area (TPSA) is 74.3 Å². The van der Waals surface area contributed by atoms with Gasteiger partial charge in [0.15, 0.2) is 0 Å². The molecule has 0 aromatic heterocycles. The van der Waals surface area contributed by atoms with Gasteiger partial charge in [0.1, 0.15) is 23.0 Å². The van der Waals surface area contributed by atoms with Gasteiger partial charge in [0.2, 0.25) is 0 Å². The molecule has 0 amide bonds. The number of benzene rings is 7. The van der Waals surface area contributed by atoms with Crippen LogP contribution in [0.25, 0.3) is 11.6 Å². The summed E-state index contributed by atoms with van der Waals surface area (Å²) in [4.78, 5) is 24.8. The van der Waals surface area contributed by atoms with Crippen LogP contribution in [0.15, 0.2) is 170 Å². The van der Waals surface area contributed by atoms with Crippen LogP contribution >= 0.6 is 0 Å². The van der Waals surface area contributed by atoms with Crippen molar-refractivity contribution in [2.24, 2.45) is 0 Å². The van der Waals surface area contributed by atoms with Gasteiger partial charge in [-0.15, -0.1) is 0 Å². The summed E-state index contributed by atoms with van der Waals surface area (Å²) >= 11 is 0. The van der Waals surface area contributed by atoms with Crippen molar-refractivity contribution in [1.29, 1.82) is 0 Å². The second kappa shape index (κ2) is 21.3. The Bertz CT molecular complexity index is 2620. The van der Waals surface area contributed by atoms with E-state index in [1.54, 1.807) is 14.2 Å². The molecule has 0 unspecified atom stereocenters. The zero-order chi connectivity index (χ0) is 45.8. The van der Waals surface area contributed by atoms with E-state index in [0.29, 0.717) is 11.5 Å². The van der Waals surface area contributed by atoms with Crippen molar-refractivity contribution in [3.05, 3.63) is 209 Å². The van der Waals surface area contributed by atoms with E-state index in [1.165, 1.54) is 55.4 Å². The smallest absolute Gasteiger partial charge is 0.308 e. The predicted octanol–water partition coefficient (Wildman–Crippen LogP) is 14.2. The van der Waals surface area contributed by atoms with Gasteiger partial charge in [0.25, 0.3) is 0 Å². The standard InChI is InChI=1S/C37H33NO3.C21H24O3/c1-26-5-15-32(16-6-26)38(33-17-7-27(2)8-18-33)34-19-9-29(10-20-34)25-37(30-11-21-35(40-4)22-12-30)31-13-23-36(24-14-31)41-28(3)39;1-16(22)24-20-12-8-18(9-13-20)21(14-4-3-5-15-21)17-6-10-19(23-2)11-7-17/h5-25H,1-4H3;6-13H,3-5,14-15H2,1-2H3/b37-25+;. The Balaban J connectivity index is 0.000000223. The minimum Gasteiger partial charge on any atom is -0.497 e. The molecule has 0 bridgehead atoms. The number of anilines is 3. The van der Waals surface area contributed by atoms with Crippen LogP contribution in [0.4, 0.5) is 17.1 Å². The number of esters is 2. The second-order valence-corrected chi connectivity index (χ2v) is 16.5. The number of carbonyl (C=O) groups is 2. The fraction of sp³-hybridized carbons (Fsp3) is 0.207. The lowest BCUT2D eigenvalue weighted by Crippen LogP contribution is -2.30. The molecule has 7 heteroatoms. The maximum atomic E-state index is 11.4. The first-order valence-corrected chi connectivity index (χ1v) is 22.2. The van der Waals surface area contributed by atoms with E-state index in [9.17, 15) is 9.59 Å². The van der Waals surface area contributed by atoms with Crippen LogP contribution < -0.4 is 23.8 Å². The lowest BCUT2D eigenvalue weighted by molar-refractivity contribution is -0.132. The summed E-state index contributed by atoms with van der Waals surface area (Å²) in [5.74, 6) is 2.18. The summed E-state index contributed by atoms with van der Waals surface area (Å²) in [6, 6.07) is 57.8. The highest BCUT2D eigenvalue weighted by molar-refractivity contribution is 5.92. The van der Waals surface area contributed by atoms with Crippen LogP contribution in [0.1, 0.15) is 84.9 Å². The van der Waals surface area contributed by atoms with Crippen molar-refractivity contribution in [3.63, 3.8) is 0 Å². The van der Waals surface area contributed by atoms with E-state index in [2.05, 4.69) is 134 Å². The molecule has 0 heterocycles. The third-order valence-corrected chi connectivity index (χ3v) is 11.9. The SMILES string of the molecule is COc1ccc(/C(=C\c2ccc(N(c3ccc(C)cc3)c3ccc(C)cc3)cc2)c2ccc(OC(C)=O)cc2)cc1.COc1ccc(C2(c3ccc(OC(C)=O)cc3)CCCCC2)cc1. The molecular weight excluding hydrogens is 807 g/mol. The fourth-order valence-electron chi connectivity index (χ4n) is 8.51. The van der Waals surface area contributed by atoms with Crippen LogP contribution in [0, 0.1) is 13.8 Å². The molecule has 7 nitrogen and oxygen atoms in total. The van der Waals surface area contributed by atoms with Gasteiger partial charge >= 0.3 is 11.9 Å². The minimum atomic E-state index is -0.339. The van der Waals surface area contributed by atoms with Crippen LogP contribution in [0.3, 0.4) is 0 Å². The first kappa shape index (κ1) is 45.6. The lowest BCUT2D eigenvalue weighted by atomic mass is 9.65. The van der Waals surface area contributed by atoms with E-state index < -0.39 is 0 Å². The van der Waals surface area contributed by atoms with Crippen LogP contribution in [0.5, 0.6) is 23.0 Å². The monoisotopic (exact) mass is 863 g/mol. The van der Waals surface area contributed by atoms with Crippen molar-refractivity contribution < 1.29 is 28.5 Å². The first-order chi connectivity index (χ1) is 31.5. The van der Waals surface area contributed by atoms with Gasteiger partial charge < -0.3 is 23.8 Å². The summed E-state index contributed by atoms with van der Waals surface area (Å²) in [5, 5.41) is 0. The Labute approximate surface area is 383 Å². The Morgan fingerprint density at radius 2 is 0.815 bits per heavy atom. The molecule has 0 N–H and O–H groups in total. The van der Waals surface area contributed by atoms with Crippen molar-refractivity contribution in [2.75, 3.05) is 19.1 Å². The summed E-state index contributed by atoms with van der Waals surface area (Å²) in [6.07, 6.45) is 8.23. The number of nitrogens with zero attached hydrogens (tertiary/aromatic N) is 1. The van der Waals surface area contributed by atoms with E-state index in [-0.39, 0.29) is 17.4 Å². The van der Waals surface area contributed by atoms with Crippen LogP contribution in [0.2, 0.25) is 0 Å². The summed E-state index contributed by atoms with van der Waals surface area (Å²) in [5.41, 5.74) is 12.6. The largest absolute Gasteiger partial charge is 0.497 e. The molecule has 330 valence electrons. The molecule has 65 heavy (non-hydrogen) atoms. The van der Waals surface area contributed by atoms with Gasteiger partial charge in [-0.05, 0) is 151 Å². The van der Waals surface area contributed by atoms with Crippen molar-refractivity contribution >= 4 is 40.6 Å². The summed E-state index contributed by atoms with van der Waals surface area (Å²) in [7, 11) is 3.36. The number of hydrogen-bond donors (Lipinski definition) is 0. The molecule has 1 aliphatic rings. The van der Waals surface area contributed by atoms with Crippen molar-refractivity contribution in [3.8, 4) is 23.0 Å². The third kappa shape index (κ3) is 11.6. The Morgan fingerprint density at radius 1 is 0.462 bits per heavy atom. The van der Waals surface area contributed by atoms with Gasteiger partial charge in [-0.3, -0.25) is 9.59 Å². The number of rotatable bonds is 12. The average molecular weight is 864 g/mol. The number of aryl methyl sites for hydroxylation is 2. The molecule has 1 fully saturated rings. The molecule has 0 saturated heterocycles. The molecule has 0 radical (unpaired) electrons. The minimum absolute atomic E-state index is 0.0409. The highest BCUT2D eigenvalue weighted by atomic mass is 16.5. The third-order valence-electron chi connectivity index (χ3n) is 11.9. The predicted molar refractivity (Wildman–Crippen MR) is 263 cm³/mol. The second-order valence-electron chi connectivity index (χ2n) is 16.5. The van der Waals surface area contributed by atoms with Gasteiger partial charge in [-0.2, -0.15) is 0 Å². The Kier molecular flexibility index (Phi) is 15.0. The normalized spacial score (nSPS) is 13.1. The Morgan fingerprint density at radius 3 is 1.20 bits per heavy atom. The van der Waals surface area contributed by atoms with Crippen molar-refractivity contribution in [1.82, 2.24) is 0 Å². The zero-order valence-electron chi connectivity index (χ0n) is 38.2. The number of methoxy groups -OCH3 is 2. The maximum Gasteiger partial charge on any atom is 0.308 e. The highest BCUT2D eigenvalue weighted by Gasteiger charge is 2.35. The molecule has 0 atom stereocenters. The number of carbonyl (C=O) groups excluding carboxylic acids is 2. The van der Waals surface area contributed by atoms with Gasteiger partial charge in [0, 0.05) is 36.3 Å². The first-order valence-electron chi connectivity index (χ1n) is 22.2. The quantitative estimate of drug-likeness (QED) is 0.0688. The summed E-state index contributed by atoms with van der Waals surface area (Å²) < 4.78 is 21.1. The number of ether oxygens (including phenoxy) is 4. The van der Waals surface area contributed by atoms with Crippen LogP contribution in [-0.4, -0.2) is 26.2 Å². The molecular formula is C58H57NO6. The molecule has 0 spiro atoms. The van der Waals surface area contributed by atoms with E-state index in [0.717, 1.165) is 63.7 Å². The highest BCUT2D eigenvalue weighted by Crippen LogP contribution is 2.45. The maximum absolute atomic E-state index is 11.4. The molecule has 1 saturated carbocycles. The lowest BCUT2D eigenvalue weighted by Gasteiger charge is -2.38. The molecule has 7 aromatic carbocycles. The van der Waals surface area contributed by atoms with Crippen LogP contribution in [-0.2, 0) is 15.0 Å². The van der Waals surface area contributed by atoms with Gasteiger partial charge in [0.05, 0.1) is 14.2 Å². The average Bonchev–Trinajstić information content (AvgIpc) is 3.33. The number of hydrogen-bond acceptors (Lipinski definition) is 7. The van der Waals surface area contributed by atoms with E-state index >= 15 is 0 Å². The molecule has 7 aromatic rings. The molecule has 0 aliphatic heterocycles. The fourth-order valence-corrected chi connectivity index (χ4v) is 8.51.